The summed E-state index contributed by atoms with van der Waals surface area (Å²) in [5.74, 6) is 0.609. The number of ether oxygens (including phenoxy) is 3. The lowest BCUT2D eigenvalue weighted by Crippen LogP contribution is -2.39. The lowest BCUT2D eigenvalue weighted by atomic mass is 10.2. The van der Waals surface area contributed by atoms with Crippen LogP contribution in [0.2, 0.25) is 0 Å². The Bertz CT molecular complexity index is 366. The number of nitrogens with one attached hydrogen (secondary N) is 1. The van der Waals surface area contributed by atoms with Gasteiger partial charge >= 0.3 is 0 Å². The number of hydrogen-bond donors (Lipinski definition) is 2. The van der Waals surface area contributed by atoms with Gasteiger partial charge in [0.25, 0.3) is 0 Å². The highest BCUT2D eigenvalue weighted by atomic mass is 16.7. The summed E-state index contributed by atoms with van der Waals surface area (Å²) in [6.07, 6.45) is -0.288. The molecular weight excluding hydrogens is 234 g/mol. The van der Waals surface area contributed by atoms with Crippen molar-refractivity contribution in [3.05, 3.63) is 23.8 Å². The molecule has 1 aromatic rings. The lowest BCUT2D eigenvalue weighted by Gasteiger charge is -2.22. The van der Waals surface area contributed by atoms with E-state index in [1.54, 1.807) is 26.4 Å². The Morgan fingerprint density at radius 2 is 1.89 bits per heavy atom. The van der Waals surface area contributed by atoms with Gasteiger partial charge in [0, 0.05) is 20.8 Å². The van der Waals surface area contributed by atoms with E-state index in [9.17, 15) is 5.11 Å². The molecular formula is C13H21NO4. The minimum absolute atomic E-state index is 0.0554. The molecule has 1 aromatic carbocycles. The number of methoxy groups -OCH3 is 3. The summed E-state index contributed by atoms with van der Waals surface area (Å²) >= 11 is 0. The Hall–Kier alpha value is -1.30. The van der Waals surface area contributed by atoms with Crippen LogP contribution in [0.1, 0.15) is 12.5 Å². The molecule has 0 amide bonds. The van der Waals surface area contributed by atoms with Gasteiger partial charge < -0.3 is 24.6 Å². The molecule has 0 aliphatic carbocycles. The Kier molecular flexibility index (Phi) is 5.91. The summed E-state index contributed by atoms with van der Waals surface area (Å²) in [6, 6.07) is 5.31. The first-order valence-corrected chi connectivity index (χ1v) is 5.77. The molecule has 0 bridgehead atoms. The smallest absolute Gasteiger partial charge is 0.171 e. The highest BCUT2D eigenvalue weighted by Crippen LogP contribution is 2.26. The standard InChI is InChI=1S/C13H21NO4/c1-9(13(17-3)18-4)14-8-10-5-6-11(15)12(7-10)16-2/h5-7,9,13-15H,8H2,1-4H3. The summed E-state index contributed by atoms with van der Waals surface area (Å²) in [5, 5.41) is 12.8. The van der Waals surface area contributed by atoms with Crippen LogP contribution in [-0.4, -0.2) is 38.8 Å². The molecule has 0 saturated heterocycles. The fourth-order valence-corrected chi connectivity index (χ4v) is 1.71. The van der Waals surface area contributed by atoms with E-state index in [1.807, 2.05) is 13.0 Å². The second-order valence-corrected chi connectivity index (χ2v) is 4.02. The first-order chi connectivity index (χ1) is 8.62. The van der Waals surface area contributed by atoms with E-state index in [-0.39, 0.29) is 18.1 Å². The van der Waals surface area contributed by atoms with E-state index in [1.165, 1.54) is 7.11 Å². The van der Waals surface area contributed by atoms with Gasteiger partial charge in [0.1, 0.15) is 0 Å². The lowest BCUT2D eigenvalue weighted by molar-refractivity contribution is -0.119. The Morgan fingerprint density at radius 3 is 2.44 bits per heavy atom. The van der Waals surface area contributed by atoms with Crippen molar-refractivity contribution in [2.45, 2.75) is 25.8 Å². The molecule has 5 heteroatoms. The third kappa shape index (κ3) is 3.87. The van der Waals surface area contributed by atoms with Crippen molar-refractivity contribution in [1.29, 1.82) is 0 Å². The summed E-state index contributed by atoms with van der Waals surface area (Å²) in [5.41, 5.74) is 1.02. The number of phenols is 1. The molecule has 5 nitrogen and oxygen atoms in total. The van der Waals surface area contributed by atoms with Crippen molar-refractivity contribution in [2.75, 3.05) is 21.3 Å². The molecule has 0 aromatic heterocycles. The van der Waals surface area contributed by atoms with Gasteiger partial charge in [-0.3, -0.25) is 0 Å². The highest BCUT2D eigenvalue weighted by Gasteiger charge is 2.15. The average Bonchev–Trinajstić information content (AvgIpc) is 2.39. The van der Waals surface area contributed by atoms with Crippen LogP contribution in [0, 0.1) is 0 Å². The molecule has 1 unspecified atom stereocenters. The Balaban J connectivity index is 2.58. The van der Waals surface area contributed by atoms with E-state index < -0.39 is 0 Å². The van der Waals surface area contributed by atoms with E-state index in [2.05, 4.69) is 5.32 Å². The fourth-order valence-electron chi connectivity index (χ4n) is 1.71. The van der Waals surface area contributed by atoms with Gasteiger partial charge in [0.05, 0.1) is 13.2 Å². The highest BCUT2D eigenvalue weighted by molar-refractivity contribution is 5.41. The Labute approximate surface area is 108 Å². The van der Waals surface area contributed by atoms with E-state index in [0.29, 0.717) is 12.3 Å². The summed E-state index contributed by atoms with van der Waals surface area (Å²) in [6.45, 7) is 2.62. The number of hydrogen-bond acceptors (Lipinski definition) is 5. The van der Waals surface area contributed by atoms with Crippen LogP contribution in [0.4, 0.5) is 0 Å². The van der Waals surface area contributed by atoms with Crippen LogP contribution in [0.15, 0.2) is 18.2 Å². The maximum atomic E-state index is 9.49. The van der Waals surface area contributed by atoms with Crippen LogP contribution < -0.4 is 10.1 Å². The molecule has 102 valence electrons. The van der Waals surface area contributed by atoms with Crippen LogP contribution in [-0.2, 0) is 16.0 Å². The summed E-state index contributed by atoms with van der Waals surface area (Å²) in [4.78, 5) is 0. The van der Waals surface area contributed by atoms with Crippen molar-refractivity contribution in [3.63, 3.8) is 0 Å². The third-order valence-corrected chi connectivity index (χ3v) is 2.75. The molecule has 18 heavy (non-hydrogen) atoms. The predicted molar refractivity (Wildman–Crippen MR) is 68.8 cm³/mol. The van der Waals surface area contributed by atoms with Gasteiger partial charge in [-0.25, -0.2) is 0 Å². The van der Waals surface area contributed by atoms with Crippen LogP contribution in [0.3, 0.4) is 0 Å². The molecule has 0 radical (unpaired) electrons. The Morgan fingerprint density at radius 1 is 1.22 bits per heavy atom. The fraction of sp³-hybridized carbons (Fsp3) is 0.538. The zero-order valence-corrected chi connectivity index (χ0v) is 11.3. The van der Waals surface area contributed by atoms with Gasteiger partial charge in [-0.1, -0.05) is 6.07 Å². The SMILES string of the molecule is COc1cc(CNC(C)C(OC)OC)ccc1O. The largest absolute Gasteiger partial charge is 0.504 e. The minimum atomic E-state index is -0.288. The maximum Gasteiger partial charge on any atom is 0.171 e. The molecule has 0 aliphatic rings. The first kappa shape index (κ1) is 14.8. The molecule has 2 N–H and O–H groups in total. The van der Waals surface area contributed by atoms with Crippen LogP contribution in [0.25, 0.3) is 0 Å². The number of phenolic OH excluding ortho intramolecular Hbond substituents is 1. The average molecular weight is 255 g/mol. The zero-order valence-electron chi connectivity index (χ0n) is 11.3. The maximum absolute atomic E-state index is 9.49. The van der Waals surface area contributed by atoms with Gasteiger partial charge in [0.15, 0.2) is 17.8 Å². The number of rotatable bonds is 7. The molecule has 0 spiro atoms. The third-order valence-electron chi connectivity index (χ3n) is 2.75. The monoisotopic (exact) mass is 255 g/mol. The molecule has 0 aliphatic heterocycles. The number of aromatic hydroxyl groups is 1. The van der Waals surface area contributed by atoms with Crippen LogP contribution in [0.5, 0.6) is 11.5 Å². The van der Waals surface area contributed by atoms with Gasteiger partial charge in [0.2, 0.25) is 0 Å². The second kappa shape index (κ2) is 7.20. The van der Waals surface area contributed by atoms with Crippen LogP contribution >= 0.6 is 0 Å². The predicted octanol–water partition coefficient (Wildman–Crippen LogP) is 1.50. The first-order valence-electron chi connectivity index (χ1n) is 5.77. The van der Waals surface area contributed by atoms with Crippen molar-refractivity contribution < 1.29 is 19.3 Å². The van der Waals surface area contributed by atoms with Gasteiger partial charge in [-0.2, -0.15) is 0 Å². The quantitative estimate of drug-likeness (QED) is 0.723. The summed E-state index contributed by atoms with van der Waals surface area (Å²) in [7, 11) is 4.74. The molecule has 1 atom stereocenters. The molecule has 0 heterocycles. The number of benzene rings is 1. The molecule has 0 fully saturated rings. The molecule has 1 rings (SSSR count). The van der Waals surface area contributed by atoms with Crippen molar-refractivity contribution in [3.8, 4) is 11.5 Å². The van der Waals surface area contributed by atoms with Crippen molar-refractivity contribution >= 4 is 0 Å². The van der Waals surface area contributed by atoms with E-state index in [0.717, 1.165) is 5.56 Å². The minimum Gasteiger partial charge on any atom is -0.504 e. The van der Waals surface area contributed by atoms with Gasteiger partial charge in [-0.05, 0) is 24.6 Å². The van der Waals surface area contributed by atoms with E-state index in [4.69, 9.17) is 14.2 Å². The van der Waals surface area contributed by atoms with Crippen molar-refractivity contribution in [1.82, 2.24) is 5.32 Å². The van der Waals surface area contributed by atoms with E-state index >= 15 is 0 Å². The van der Waals surface area contributed by atoms with Gasteiger partial charge in [-0.15, -0.1) is 0 Å². The topological polar surface area (TPSA) is 60.0 Å². The summed E-state index contributed by atoms with van der Waals surface area (Å²) < 4.78 is 15.4. The second-order valence-electron chi connectivity index (χ2n) is 4.02. The molecule has 0 saturated carbocycles. The van der Waals surface area contributed by atoms with Crippen molar-refractivity contribution in [2.24, 2.45) is 0 Å². The normalized spacial score (nSPS) is 12.7. The zero-order chi connectivity index (χ0) is 13.5.